The number of hydrogen-bond donors (Lipinski definition) is 1. The third-order valence-electron chi connectivity index (χ3n) is 3.77. The van der Waals surface area contributed by atoms with Gasteiger partial charge in [-0.2, -0.15) is 0 Å². The van der Waals surface area contributed by atoms with Crippen LogP contribution >= 0.6 is 0 Å². The lowest BCUT2D eigenvalue weighted by atomic mass is 10.0. The van der Waals surface area contributed by atoms with Gasteiger partial charge in [-0.15, -0.1) is 0 Å². The fraction of sp³-hybridized carbons (Fsp3) is 0.286. The van der Waals surface area contributed by atoms with E-state index in [2.05, 4.69) is 5.32 Å². The van der Waals surface area contributed by atoms with Crippen LogP contribution in [0, 0.1) is 5.92 Å². The van der Waals surface area contributed by atoms with E-state index in [1.165, 1.54) is 0 Å². The van der Waals surface area contributed by atoms with Crippen LogP contribution in [-0.2, 0) is 9.53 Å². The van der Waals surface area contributed by atoms with E-state index in [0.717, 1.165) is 0 Å². The number of hydrogen-bond acceptors (Lipinski definition) is 4. The Morgan fingerprint density at radius 2 is 1.42 bits per heavy atom. The zero-order valence-electron chi connectivity index (χ0n) is 15.0. The molecule has 0 aliphatic carbocycles. The molecule has 26 heavy (non-hydrogen) atoms. The molecule has 1 N–H and O–H groups in total. The Hall–Kier alpha value is -2.95. The summed E-state index contributed by atoms with van der Waals surface area (Å²) >= 11 is 0. The summed E-state index contributed by atoms with van der Waals surface area (Å²) < 4.78 is 5.15. The maximum absolute atomic E-state index is 12.4. The lowest BCUT2D eigenvalue weighted by Gasteiger charge is -2.19. The normalized spacial score (nSPS) is 11.7. The standard InChI is InChI=1S/C21H23NO4/c1-15(2)13-18(22-20(24)17-11-7-4-8-12-17)21(25)26-14-19(23)16-9-5-3-6-10-16/h3-12,15,18H,13-14H2,1-2H3,(H,22,24)/t18-/m1/s1. The Morgan fingerprint density at radius 1 is 0.885 bits per heavy atom. The van der Waals surface area contributed by atoms with E-state index in [4.69, 9.17) is 4.74 Å². The fourth-order valence-corrected chi connectivity index (χ4v) is 2.46. The Kier molecular flexibility index (Phi) is 7.09. The quantitative estimate of drug-likeness (QED) is 0.584. The van der Waals surface area contributed by atoms with Gasteiger partial charge >= 0.3 is 5.97 Å². The number of ether oxygens (including phenoxy) is 1. The Balaban J connectivity index is 1.98. The third kappa shape index (κ3) is 5.84. The van der Waals surface area contributed by atoms with Crippen molar-refractivity contribution in [2.75, 3.05) is 6.61 Å². The van der Waals surface area contributed by atoms with Gasteiger partial charge in [0.05, 0.1) is 0 Å². The molecular weight excluding hydrogens is 330 g/mol. The van der Waals surface area contributed by atoms with Gasteiger partial charge in [-0.3, -0.25) is 9.59 Å². The van der Waals surface area contributed by atoms with Crippen molar-refractivity contribution in [1.29, 1.82) is 0 Å². The lowest BCUT2D eigenvalue weighted by Crippen LogP contribution is -2.43. The molecule has 0 aliphatic heterocycles. The number of ketones is 1. The van der Waals surface area contributed by atoms with Gasteiger partial charge in [-0.1, -0.05) is 62.4 Å². The zero-order chi connectivity index (χ0) is 18.9. The second kappa shape index (κ2) is 9.51. The molecule has 0 heterocycles. The maximum atomic E-state index is 12.4. The summed E-state index contributed by atoms with van der Waals surface area (Å²) in [5, 5.41) is 2.70. The minimum absolute atomic E-state index is 0.174. The third-order valence-corrected chi connectivity index (χ3v) is 3.77. The molecule has 0 saturated heterocycles. The minimum atomic E-state index is -0.800. The van der Waals surface area contributed by atoms with E-state index in [1.54, 1.807) is 54.6 Å². The smallest absolute Gasteiger partial charge is 0.329 e. The van der Waals surface area contributed by atoms with Gasteiger partial charge in [0.1, 0.15) is 6.04 Å². The number of esters is 1. The Labute approximate surface area is 153 Å². The topological polar surface area (TPSA) is 72.5 Å². The van der Waals surface area contributed by atoms with Crippen molar-refractivity contribution in [1.82, 2.24) is 5.32 Å². The van der Waals surface area contributed by atoms with E-state index >= 15 is 0 Å². The van der Waals surface area contributed by atoms with Crippen molar-refractivity contribution in [3.05, 3.63) is 71.8 Å². The van der Waals surface area contributed by atoms with E-state index < -0.39 is 12.0 Å². The zero-order valence-corrected chi connectivity index (χ0v) is 15.0. The number of amides is 1. The molecule has 2 aromatic rings. The van der Waals surface area contributed by atoms with Crippen molar-refractivity contribution in [2.45, 2.75) is 26.3 Å². The van der Waals surface area contributed by atoms with Crippen LogP contribution in [0.3, 0.4) is 0 Å². The first-order chi connectivity index (χ1) is 12.5. The van der Waals surface area contributed by atoms with Crippen LogP contribution in [0.4, 0.5) is 0 Å². The number of carbonyl (C=O) groups excluding carboxylic acids is 3. The van der Waals surface area contributed by atoms with Crippen LogP contribution < -0.4 is 5.32 Å². The monoisotopic (exact) mass is 353 g/mol. The summed E-state index contributed by atoms with van der Waals surface area (Å²) in [6.07, 6.45) is 0.428. The first kappa shape index (κ1) is 19.4. The summed E-state index contributed by atoms with van der Waals surface area (Å²) in [6, 6.07) is 16.5. The molecule has 0 bridgehead atoms. The van der Waals surface area contributed by atoms with E-state index in [1.807, 2.05) is 19.9 Å². The molecule has 1 atom stereocenters. The average molecular weight is 353 g/mol. The van der Waals surface area contributed by atoms with E-state index in [9.17, 15) is 14.4 Å². The highest BCUT2D eigenvalue weighted by atomic mass is 16.5. The van der Waals surface area contributed by atoms with Crippen LogP contribution in [0.15, 0.2) is 60.7 Å². The number of nitrogens with one attached hydrogen (secondary N) is 1. The Bertz CT molecular complexity index is 741. The van der Waals surface area contributed by atoms with Gasteiger partial charge in [0.25, 0.3) is 5.91 Å². The molecule has 5 nitrogen and oxygen atoms in total. The van der Waals surface area contributed by atoms with E-state index in [0.29, 0.717) is 17.5 Å². The number of benzene rings is 2. The van der Waals surface area contributed by atoms with Gasteiger partial charge in [0, 0.05) is 11.1 Å². The van der Waals surface area contributed by atoms with Gasteiger partial charge < -0.3 is 10.1 Å². The molecule has 0 aromatic heterocycles. The number of rotatable bonds is 8. The molecule has 0 aliphatic rings. The van der Waals surface area contributed by atoms with Crippen molar-refractivity contribution in [2.24, 2.45) is 5.92 Å². The van der Waals surface area contributed by atoms with Gasteiger partial charge in [0.15, 0.2) is 12.4 Å². The summed E-state index contributed by atoms with van der Waals surface area (Å²) in [7, 11) is 0. The van der Waals surface area contributed by atoms with Crippen molar-refractivity contribution in [3.8, 4) is 0 Å². The second-order valence-electron chi connectivity index (χ2n) is 6.42. The van der Waals surface area contributed by atoms with Gasteiger partial charge in [-0.25, -0.2) is 4.79 Å². The highest BCUT2D eigenvalue weighted by Crippen LogP contribution is 2.09. The largest absolute Gasteiger partial charge is 0.456 e. The fourth-order valence-electron chi connectivity index (χ4n) is 2.46. The van der Waals surface area contributed by atoms with E-state index in [-0.39, 0.29) is 24.2 Å². The number of carbonyl (C=O) groups is 3. The van der Waals surface area contributed by atoms with Crippen LogP contribution in [0.5, 0.6) is 0 Å². The molecule has 2 aromatic carbocycles. The predicted octanol–water partition coefficient (Wildman–Crippen LogP) is 3.26. The van der Waals surface area contributed by atoms with Crippen LogP contribution in [-0.4, -0.2) is 30.3 Å². The molecule has 0 spiro atoms. The molecule has 0 radical (unpaired) electrons. The summed E-state index contributed by atoms with van der Waals surface area (Å²) in [6.45, 7) is 3.55. The highest BCUT2D eigenvalue weighted by Gasteiger charge is 2.24. The molecule has 5 heteroatoms. The van der Waals surface area contributed by atoms with Gasteiger partial charge in [0.2, 0.25) is 0 Å². The Morgan fingerprint density at radius 3 is 1.96 bits per heavy atom. The molecule has 2 rings (SSSR count). The summed E-state index contributed by atoms with van der Waals surface area (Å²) in [5.74, 6) is -1.06. The van der Waals surface area contributed by atoms with Crippen molar-refractivity contribution in [3.63, 3.8) is 0 Å². The molecule has 0 unspecified atom stereocenters. The van der Waals surface area contributed by atoms with Crippen molar-refractivity contribution >= 4 is 17.7 Å². The minimum Gasteiger partial charge on any atom is -0.456 e. The molecule has 0 saturated carbocycles. The molecular formula is C21H23NO4. The molecule has 0 fully saturated rings. The van der Waals surface area contributed by atoms with Crippen LogP contribution in [0.1, 0.15) is 41.0 Å². The van der Waals surface area contributed by atoms with Crippen LogP contribution in [0.25, 0.3) is 0 Å². The first-order valence-corrected chi connectivity index (χ1v) is 8.58. The lowest BCUT2D eigenvalue weighted by molar-refractivity contribution is -0.145. The van der Waals surface area contributed by atoms with Crippen molar-refractivity contribution < 1.29 is 19.1 Å². The second-order valence-corrected chi connectivity index (χ2v) is 6.42. The molecule has 1 amide bonds. The average Bonchev–Trinajstić information content (AvgIpc) is 2.66. The first-order valence-electron chi connectivity index (χ1n) is 8.58. The molecule has 136 valence electrons. The SMILES string of the molecule is CC(C)C[C@@H](NC(=O)c1ccccc1)C(=O)OCC(=O)c1ccccc1. The highest BCUT2D eigenvalue weighted by molar-refractivity contribution is 5.99. The van der Waals surface area contributed by atoms with Crippen LogP contribution in [0.2, 0.25) is 0 Å². The summed E-state index contributed by atoms with van der Waals surface area (Å²) in [4.78, 5) is 36.8. The van der Waals surface area contributed by atoms with Gasteiger partial charge in [-0.05, 0) is 24.5 Å². The number of Topliss-reactive ketones (excluding diaryl/α,β-unsaturated/α-hetero) is 1. The summed E-state index contributed by atoms with van der Waals surface area (Å²) in [5.41, 5.74) is 0.948. The predicted molar refractivity (Wildman–Crippen MR) is 98.9 cm³/mol. The maximum Gasteiger partial charge on any atom is 0.329 e.